The molecular weight excluding hydrogens is 997 g/mol. The lowest BCUT2D eigenvalue weighted by Gasteiger charge is -2.24. The first-order valence-corrected chi connectivity index (χ1v) is 31.5. The van der Waals surface area contributed by atoms with E-state index in [-0.39, 0.29) is 0 Å². The highest BCUT2D eigenvalue weighted by molar-refractivity contribution is 7.00. The predicted molar refractivity (Wildman–Crippen MR) is 343 cm³/mol. The van der Waals surface area contributed by atoms with Gasteiger partial charge in [-0.15, -0.1) is 0 Å². The number of hydrogen-bond donors (Lipinski definition) is 0. The zero-order valence-corrected chi connectivity index (χ0v) is 46.0. The van der Waals surface area contributed by atoms with Gasteiger partial charge in [0.25, 0.3) is 0 Å². The van der Waals surface area contributed by atoms with Crippen molar-refractivity contribution in [3.8, 4) is 45.0 Å². The largest absolute Gasteiger partial charge is 0.309 e. The third kappa shape index (κ3) is 6.24. The van der Waals surface area contributed by atoms with Crippen LogP contribution in [-0.4, -0.2) is 26.3 Å². The molecule has 0 atom stereocenters. The maximum absolute atomic E-state index is 2.59. The number of hydrogen-bond acceptors (Lipinski definition) is 0. The van der Waals surface area contributed by atoms with Gasteiger partial charge < -0.3 is 18.3 Å². The number of nitrogens with zero attached hydrogens (tertiary/aromatic N) is 4. The molecule has 0 saturated heterocycles. The Morgan fingerprint density at radius 3 is 0.988 bits per heavy atom. The third-order valence-corrected chi connectivity index (χ3v) is 22.2. The molecule has 0 saturated carbocycles. The van der Waals surface area contributed by atoms with Crippen LogP contribution in [0.15, 0.2) is 255 Å². The molecular formula is C76H52N4Si. The topological polar surface area (TPSA) is 19.7 Å². The Morgan fingerprint density at radius 1 is 0.259 bits per heavy atom. The van der Waals surface area contributed by atoms with Gasteiger partial charge >= 0.3 is 0 Å². The van der Waals surface area contributed by atoms with E-state index in [2.05, 4.69) is 286 Å². The maximum atomic E-state index is 2.59. The van der Waals surface area contributed by atoms with Crippen molar-refractivity contribution in [2.75, 3.05) is 0 Å². The lowest BCUT2D eigenvalue weighted by Crippen LogP contribution is -2.52. The van der Waals surface area contributed by atoms with Crippen LogP contribution in [0.5, 0.6) is 0 Å². The van der Waals surface area contributed by atoms with Crippen LogP contribution in [0.1, 0.15) is 22.3 Å². The van der Waals surface area contributed by atoms with E-state index < -0.39 is 8.07 Å². The quantitative estimate of drug-likeness (QED) is 0.148. The van der Waals surface area contributed by atoms with Gasteiger partial charge in [-0.3, -0.25) is 0 Å². The summed E-state index contributed by atoms with van der Waals surface area (Å²) in [5.41, 5.74) is 25.7. The van der Waals surface area contributed by atoms with Crippen LogP contribution in [0.25, 0.3) is 132 Å². The van der Waals surface area contributed by atoms with E-state index in [9.17, 15) is 0 Å². The smallest absolute Gasteiger partial charge is 0.112 e. The summed E-state index contributed by atoms with van der Waals surface area (Å²) in [6, 6.07) is 96.2. The molecule has 2 aliphatic rings. The first-order valence-electron chi connectivity index (χ1n) is 28.5. The van der Waals surface area contributed by atoms with Crippen LogP contribution in [0.3, 0.4) is 0 Å². The van der Waals surface area contributed by atoms with Gasteiger partial charge in [-0.25, -0.2) is 0 Å². The summed E-state index contributed by atoms with van der Waals surface area (Å²) >= 11 is 0. The molecule has 12 aromatic carbocycles. The lowest BCUT2D eigenvalue weighted by atomic mass is 10.0. The normalized spacial score (nSPS) is 13.0. The average Bonchev–Trinajstić information content (AvgIpc) is 4.04. The van der Waals surface area contributed by atoms with Crippen LogP contribution >= 0.6 is 0 Å². The number of rotatable bonds is 6. The molecule has 0 spiro atoms. The number of aromatic nitrogens is 4. The second-order valence-electron chi connectivity index (χ2n) is 23.2. The minimum Gasteiger partial charge on any atom is -0.309 e. The Morgan fingerprint density at radius 2 is 0.593 bits per heavy atom. The third-order valence-electron chi connectivity index (χ3n) is 18.7. The highest BCUT2D eigenvalue weighted by atomic mass is 28.3. The van der Waals surface area contributed by atoms with E-state index in [0.29, 0.717) is 0 Å². The molecule has 4 aromatic heterocycles. The van der Waals surface area contributed by atoms with E-state index >= 15 is 0 Å². The van der Waals surface area contributed by atoms with Gasteiger partial charge in [-0.05, 0) is 154 Å². The Labute approximate surface area is 469 Å². The van der Waals surface area contributed by atoms with Gasteiger partial charge in [-0.2, -0.15) is 0 Å². The van der Waals surface area contributed by atoms with Crippen molar-refractivity contribution >= 4 is 106 Å². The van der Waals surface area contributed by atoms with Gasteiger partial charge in [-0.1, -0.05) is 181 Å². The fourth-order valence-corrected chi connectivity index (χ4v) is 17.2. The monoisotopic (exact) mass is 1050 g/mol. The van der Waals surface area contributed by atoms with Gasteiger partial charge in [0.05, 0.1) is 44.1 Å². The Balaban J connectivity index is 0.802. The summed E-state index contributed by atoms with van der Waals surface area (Å²) in [7, 11) is -2.37. The van der Waals surface area contributed by atoms with E-state index in [1.807, 2.05) is 0 Å². The van der Waals surface area contributed by atoms with Crippen LogP contribution in [0.2, 0.25) is 13.1 Å². The molecule has 81 heavy (non-hydrogen) atoms. The van der Waals surface area contributed by atoms with Crippen molar-refractivity contribution in [3.63, 3.8) is 0 Å². The van der Waals surface area contributed by atoms with Gasteiger partial charge in [0.15, 0.2) is 0 Å². The van der Waals surface area contributed by atoms with E-state index in [1.54, 1.807) is 0 Å². The SMILES string of the molecule is C[Si](C)(c1ccc2c(c1)c1c3c(ccc1n2-c1ccccc1)-c1cc(-n2c4ccccc4c4ccccc42)ccc1C3)c1ccc2c(c1)c1c3c(ccc1n2-c1ccccc1)-c1cc(-n2c4ccccc4c4ccccc42)ccc1C3. The van der Waals surface area contributed by atoms with Crippen LogP contribution < -0.4 is 10.4 Å². The summed E-state index contributed by atoms with van der Waals surface area (Å²) in [4.78, 5) is 0. The second-order valence-corrected chi connectivity index (χ2v) is 27.6. The Bertz CT molecular complexity index is 4940. The lowest BCUT2D eigenvalue weighted by molar-refractivity contribution is 1.17. The summed E-state index contributed by atoms with van der Waals surface area (Å²) in [6.07, 6.45) is 1.79. The number of para-hydroxylation sites is 6. The van der Waals surface area contributed by atoms with Crippen LogP contribution in [0, 0.1) is 0 Å². The van der Waals surface area contributed by atoms with Crippen molar-refractivity contribution in [2.45, 2.75) is 25.9 Å². The summed E-state index contributed by atoms with van der Waals surface area (Å²) in [5, 5.41) is 13.4. The molecule has 0 aliphatic heterocycles. The van der Waals surface area contributed by atoms with Gasteiger partial charge in [0.1, 0.15) is 8.07 Å². The van der Waals surface area contributed by atoms with Crippen LogP contribution in [-0.2, 0) is 12.8 Å². The van der Waals surface area contributed by atoms with Gasteiger partial charge in [0.2, 0.25) is 0 Å². The minimum atomic E-state index is -2.37. The molecule has 4 heterocycles. The summed E-state index contributed by atoms with van der Waals surface area (Å²) in [6.45, 7) is 5.13. The predicted octanol–water partition coefficient (Wildman–Crippen LogP) is 18.0. The number of fused-ring (bicyclic) bond motifs is 20. The van der Waals surface area contributed by atoms with Crippen molar-refractivity contribution in [1.29, 1.82) is 0 Å². The molecule has 5 heteroatoms. The van der Waals surface area contributed by atoms with Crippen molar-refractivity contribution < 1.29 is 0 Å². The van der Waals surface area contributed by atoms with E-state index in [0.717, 1.165) is 12.8 Å². The highest BCUT2D eigenvalue weighted by Gasteiger charge is 2.32. The molecule has 0 amide bonds. The fourth-order valence-electron chi connectivity index (χ4n) is 14.9. The molecule has 4 nitrogen and oxygen atoms in total. The standard InChI is InChI=1S/C76H52N4Si/c1-81(2,53-33-37-71-65(45-53)75-63-41-47-29-31-51(79-67-25-13-9-21-57(67)58-22-10-14-26-68(58)79)43-61(47)55(63)35-39-73(75)77(71)49-17-5-3-6-18-49)54-34-38-72-66(46-54)76-64-42-48-30-32-52(80-69-27-15-11-23-59(69)60-24-12-16-28-70(60)80)44-62(48)56(64)36-40-74(76)78(72)50-19-7-4-8-20-50/h3-40,43-46H,41-42H2,1-2H3. The second kappa shape index (κ2) is 16.6. The molecule has 2 aliphatic carbocycles. The fraction of sp³-hybridized carbons (Fsp3) is 0.0526. The van der Waals surface area contributed by atoms with Crippen molar-refractivity contribution in [3.05, 3.63) is 277 Å². The van der Waals surface area contributed by atoms with Crippen molar-refractivity contribution in [2.24, 2.45) is 0 Å². The Kier molecular flexibility index (Phi) is 9.19. The molecule has 0 unspecified atom stereocenters. The minimum absolute atomic E-state index is 0.895. The summed E-state index contributed by atoms with van der Waals surface area (Å²) < 4.78 is 9.91. The zero-order valence-electron chi connectivity index (χ0n) is 45.0. The first-order chi connectivity index (χ1) is 39.9. The number of benzene rings is 12. The van der Waals surface area contributed by atoms with E-state index in [1.165, 1.54) is 165 Å². The molecule has 16 aromatic rings. The highest BCUT2D eigenvalue weighted by Crippen LogP contribution is 2.48. The first kappa shape index (κ1) is 45.0. The molecule has 380 valence electrons. The van der Waals surface area contributed by atoms with Gasteiger partial charge in [0, 0.05) is 65.8 Å². The average molecular weight is 1050 g/mol. The van der Waals surface area contributed by atoms with Crippen molar-refractivity contribution in [1.82, 2.24) is 18.3 Å². The molecule has 18 rings (SSSR count). The summed E-state index contributed by atoms with van der Waals surface area (Å²) in [5.74, 6) is 0. The Hall–Kier alpha value is -9.94. The molecule has 0 radical (unpaired) electrons. The van der Waals surface area contributed by atoms with E-state index in [4.69, 9.17) is 0 Å². The molecule has 0 N–H and O–H groups in total. The maximum Gasteiger partial charge on any atom is 0.112 e. The molecule has 0 fully saturated rings. The molecule has 0 bridgehead atoms. The zero-order chi connectivity index (χ0) is 53.2. The van der Waals surface area contributed by atoms with Crippen LogP contribution in [0.4, 0.5) is 0 Å².